The van der Waals surface area contributed by atoms with E-state index in [1.807, 2.05) is 20.0 Å². The molecule has 0 aliphatic heterocycles. The third-order valence-corrected chi connectivity index (χ3v) is 4.36. The van der Waals surface area contributed by atoms with Gasteiger partial charge in [0.25, 0.3) is 0 Å². The molecule has 0 radical (unpaired) electrons. The molecule has 130 valence electrons. The van der Waals surface area contributed by atoms with Crippen molar-refractivity contribution in [3.05, 3.63) is 23.0 Å². The Labute approximate surface area is 156 Å². The Balaban J connectivity index is 0.00000264. The van der Waals surface area contributed by atoms with Gasteiger partial charge >= 0.3 is 0 Å². The van der Waals surface area contributed by atoms with E-state index in [1.54, 1.807) is 7.11 Å². The minimum Gasteiger partial charge on any atom is -0.496 e. The van der Waals surface area contributed by atoms with Crippen molar-refractivity contribution in [2.75, 3.05) is 7.11 Å². The van der Waals surface area contributed by atoms with Gasteiger partial charge in [0.1, 0.15) is 5.75 Å². The first kappa shape index (κ1) is 20.0. The fraction of sp³-hybridized carbons (Fsp3) is 0.647. The molecule has 0 unspecified atom stereocenters. The molecule has 23 heavy (non-hydrogen) atoms. The van der Waals surface area contributed by atoms with Crippen molar-refractivity contribution >= 4 is 29.9 Å². The first-order valence-corrected chi connectivity index (χ1v) is 8.17. The summed E-state index contributed by atoms with van der Waals surface area (Å²) in [4.78, 5) is 8.90. The lowest BCUT2D eigenvalue weighted by atomic mass is 10.1. The summed E-state index contributed by atoms with van der Waals surface area (Å²) in [5.74, 6) is 1.41. The van der Waals surface area contributed by atoms with Gasteiger partial charge in [-0.25, -0.2) is 4.99 Å². The summed E-state index contributed by atoms with van der Waals surface area (Å²) in [7, 11) is 1.68. The summed E-state index contributed by atoms with van der Waals surface area (Å²) in [5, 5.41) is 3.36. The molecule has 3 N–H and O–H groups in total. The van der Waals surface area contributed by atoms with Gasteiger partial charge in [-0.2, -0.15) is 0 Å². The maximum atomic E-state index is 6.03. The highest BCUT2D eigenvalue weighted by Crippen LogP contribution is 2.24. The molecule has 1 heterocycles. The van der Waals surface area contributed by atoms with Crippen LogP contribution < -0.4 is 15.8 Å². The third kappa shape index (κ3) is 5.82. The molecule has 0 saturated heterocycles. The molecule has 6 heteroatoms. The highest BCUT2D eigenvalue weighted by Gasteiger charge is 2.13. The summed E-state index contributed by atoms with van der Waals surface area (Å²) in [6.07, 6.45) is 9.42. The number of aromatic nitrogens is 1. The van der Waals surface area contributed by atoms with Crippen molar-refractivity contribution in [2.45, 2.75) is 65.0 Å². The third-order valence-electron chi connectivity index (χ3n) is 4.36. The van der Waals surface area contributed by atoms with Crippen molar-refractivity contribution in [3.63, 3.8) is 0 Å². The Hall–Kier alpha value is -1.05. The van der Waals surface area contributed by atoms with E-state index in [4.69, 9.17) is 10.5 Å². The van der Waals surface area contributed by atoms with E-state index in [-0.39, 0.29) is 24.0 Å². The van der Waals surface area contributed by atoms with Crippen molar-refractivity contribution in [3.8, 4) is 5.75 Å². The Bertz CT molecular complexity index is 526. The predicted molar refractivity (Wildman–Crippen MR) is 106 cm³/mol. The summed E-state index contributed by atoms with van der Waals surface area (Å²) in [6.45, 7) is 4.49. The van der Waals surface area contributed by atoms with Crippen LogP contribution in [0.5, 0.6) is 5.75 Å². The van der Waals surface area contributed by atoms with E-state index >= 15 is 0 Å². The molecule has 1 aliphatic rings. The fourth-order valence-electron chi connectivity index (χ4n) is 3.07. The lowest BCUT2D eigenvalue weighted by Crippen LogP contribution is -2.39. The number of methoxy groups -OCH3 is 1. The number of ether oxygens (including phenoxy) is 1. The molecule has 5 nitrogen and oxygen atoms in total. The van der Waals surface area contributed by atoms with Crippen LogP contribution in [0.2, 0.25) is 0 Å². The van der Waals surface area contributed by atoms with E-state index in [0.29, 0.717) is 18.5 Å². The van der Waals surface area contributed by atoms with E-state index in [0.717, 1.165) is 22.6 Å². The normalized spacial score (nSPS) is 16.4. The van der Waals surface area contributed by atoms with Gasteiger partial charge in [-0.15, -0.1) is 24.0 Å². The highest BCUT2D eigenvalue weighted by molar-refractivity contribution is 14.0. The molecule has 1 aliphatic carbocycles. The molecule has 0 atom stereocenters. The van der Waals surface area contributed by atoms with Crippen LogP contribution in [0, 0.1) is 13.8 Å². The maximum Gasteiger partial charge on any atom is 0.189 e. The second kappa shape index (κ2) is 9.95. The van der Waals surface area contributed by atoms with Crippen LogP contribution in [0.15, 0.2) is 11.2 Å². The summed E-state index contributed by atoms with van der Waals surface area (Å²) in [5.41, 5.74) is 9.02. The number of nitrogens with zero attached hydrogens (tertiary/aromatic N) is 2. The molecule has 1 fully saturated rings. The molecule has 2 rings (SSSR count). The Morgan fingerprint density at radius 2 is 1.96 bits per heavy atom. The van der Waals surface area contributed by atoms with Crippen LogP contribution in [0.3, 0.4) is 0 Å². The topological polar surface area (TPSA) is 72.5 Å². The van der Waals surface area contributed by atoms with Crippen LogP contribution in [0.1, 0.15) is 55.3 Å². The lowest BCUT2D eigenvalue weighted by Gasteiger charge is -2.17. The number of guanidine groups is 1. The van der Waals surface area contributed by atoms with Crippen LogP contribution in [0.4, 0.5) is 0 Å². The van der Waals surface area contributed by atoms with Gasteiger partial charge in [0.05, 0.1) is 19.3 Å². The van der Waals surface area contributed by atoms with Gasteiger partial charge in [0.2, 0.25) is 0 Å². The molecule has 0 aromatic carbocycles. The molecule has 0 amide bonds. The van der Waals surface area contributed by atoms with Crippen molar-refractivity contribution < 1.29 is 4.74 Å². The second-order valence-electron chi connectivity index (χ2n) is 6.08. The minimum atomic E-state index is 0. The van der Waals surface area contributed by atoms with Gasteiger partial charge in [-0.1, -0.05) is 25.7 Å². The SMILES string of the molecule is COc1c(C)cnc(CN=C(N)NC2CCCCCC2)c1C.I. The van der Waals surface area contributed by atoms with Crippen LogP contribution >= 0.6 is 24.0 Å². The van der Waals surface area contributed by atoms with Gasteiger partial charge in [0.15, 0.2) is 5.96 Å². The molecule has 0 bridgehead atoms. The number of pyridine rings is 1. The van der Waals surface area contributed by atoms with E-state index in [1.165, 1.54) is 38.5 Å². The number of halogens is 1. The molecule has 0 spiro atoms. The highest BCUT2D eigenvalue weighted by atomic mass is 127. The quantitative estimate of drug-likeness (QED) is 0.331. The standard InChI is InChI=1S/C17H28N4O.HI/c1-12-10-19-15(13(2)16(12)22-3)11-20-17(18)21-14-8-6-4-5-7-9-14;/h10,14H,4-9,11H2,1-3H3,(H3,18,20,21);1H. The number of aliphatic imine (C=N–C) groups is 1. The van der Waals surface area contributed by atoms with E-state index in [9.17, 15) is 0 Å². The number of aryl methyl sites for hydroxylation is 1. The van der Waals surface area contributed by atoms with Gasteiger partial charge in [-0.05, 0) is 26.7 Å². The van der Waals surface area contributed by atoms with Gasteiger partial charge < -0.3 is 15.8 Å². The number of rotatable bonds is 4. The zero-order chi connectivity index (χ0) is 15.9. The monoisotopic (exact) mass is 432 g/mol. The fourth-order valence-corrected chi connectivity index (χ4v) is 3.07. The summed E-state index contributed by atoms with van der Waals surface area (Å²) >= 11 is 0. The zero-order valence-electron chi connectivity index (χ0n) is 14.4. The average molecular weight is 432 g/mol. The molecule has 1 aromatic rings. The maximum absolute atomic E-state index is 6.03. The predicted octanol–water partition coefficient (Wildman–Crippen LogP) is 3.45. The lowest BCUT2D eigenvalue weighted by molar-refractivity contribution is 0.407. The first-order valence-electron chi connectivity index (χ1n) is 8.17. The minimum absolute atomic E-state index is 0. The van der Waals surface area contributed by atoms with Crippen LogP contribution in [-0.4, -0.2) is 24.1 Å². The molecular weight excluding hydrogens is 403 g/mol. The first-order chi connectivity index (χ1) is 10.6. The molecular formula is C17H29IN4O. The van der Waals surface area contributed by atoms with Crippen molar-refractivity contribution in [1.29, 1.82) is 0 Å². The molecule has 1 aromatic heterocycles. The smallest absolute Gasteiger partial charge is 0.189 e. The van der Waals surface area contributed by atoms with Gasteiger partial charge in [-0.3, -0.25) is 4.98 Å². The van der Waals surface area contributed by atoms with Crippen molar-refractivity contribution in [2.24, 2.45) is 10.7 Å². The largest absolute Gasteiger partial charge is 0.496 e. The Morgan fingerprint density at radius 3 is 2.57 bits per heavy atom. The average Bonchev–Trinajstić information content (AvgIpc) is 2.75. The summed E-state index contributed by atoms with van der Waals surface area (Å²) in [6, 6.07) is 0.466. The molecule has 1 saturated carbocycles. The van der Waals surface area contributed by atoms with E-state index in [2.05, 4.69) is 15.3 Å². The van der Waals surface area contributed by atoms with Gasteiger partial charge in [0, 0.05) is 23.4 Å². The van der Waals surface area contributed by atoms with Crippen LogP contribution in [0.25, 0.3) is 0 Å². The second-order valence-corrected chi connectivity index (χ2v) is 6.08. The number of nitrogens with one attached hydrogen (secondary N) is 1. The Morgan fingerprint density at radius 1 is 1.30 bits per heavy atom. The summed E-state index contributed by atoms with van der Waals surface area (Å²) < 4.78 is 5.42. The number of nitrogens with two attached hydrogens (primary N) is 1. The number of hydrogen-bond donors (Lipinski definition) is 2. The number of hydrogen-bond acceptors (Lipinski definition) is 3. The van der Waals surface area contributed by atoms with E-state index < -0.39 is 0 Å². The van der Waals surface area contributed by atoms with Crippen LogP contribution in [-0.2, 0) is 6.54 Å². The Kier molecular flexibility index (Phi) is 8.65. The van der Waals surface area contributed by atoms with Crippen molar-refractivity contribution in [1.82, 2.24) is 10.3 Å². The zero-order valence-corrected chi connectivity index (χ0v) is 16.7.